The summed E-state index contributed by atoms with van der Waals surface area (Å²) in [5.74, 6) is 0. The van der Waals surface area contributed by atoms with E-state index in [9.17, 15) is 8.42 Å². The number of nitrogens with one attached hydrogen (secondary N) is 2. The fourth-order valence-corrected chi connectivity index (χ4v) is 5.23. The fourth-order valence-electron chi connectivity index (χ4n) is 2.78. The molecule has 21 heavy (non-hydrogen) atoms. The zero-order valence-corrected chi connectivity index (χ0v) is 14.6. The molecule has 0 saturated heterocycles. The van der Waals surface area contributed by atoms with Gasteiger partial charge in [0.2, 0.25) is 10.0 Å². The lowest BCUT2D eigenvalue weighted by atomic mass is 9.76. The van der Waals surface area contributed by atoms with Crippen LogP contribution >= 0.6 is 11.3 Å². The first-order valence-electron chi connectivity index (χ1n) is 7.73. The first-order chi connectivity index (χ1) is 9.95. The number of hydrogen-bond acceptors (Lipinski definition) is 4. The minimum atomic E-state index is -3.36. The molecule has 1 aromatic heterocycles. The van der Waals surface area contributed by atoms with Crippen molar-refractivity contribution in [1.29, 1.82) is 0 Å². The Morgan fingerprint density at radius 3 is 2.67 bits per heavy atom. The Balaban J connectivity index is 1.96. The van der Waals surface area contributed by atoms with E-state index in [2.05, 4.69) is 17.0 Å². The van der Waals surface area contributed by atoms with Gasteiger partial charge in [0, 0.05) is 13.1 Å². The Bertz CT molecular complexity index is 546. The first kappa shape index (κ1) is 16.9. The van der Waals surface area contributed by atoms with Gasteiger partial charge < -0.3 is 5.32 Å². The van der Waals surface area contributed by atoms with E-state index in [1.165, 1.54) is 30.6 Å². The highest BCUT2D eigenvalue weighted by molar-refractivity contribution is 7.91. The third-order valence-corrected chi connectivity index (χ3v) is 7.11. The summed E-state index contributed by atoms with van der Waals surface area (Å²) < 4.78 is 28.0. The van der Waals surface area contributed by atoms with Crippen molar-refractivity contribution in [3.05, 3.63) is 17.0 Å². The topological polar surface area (TPSA) is 58.2 Å². The Labute approximate surface area is 132 Å². The molecule has 4 nitrogen and oxygen atoms in total. The highest BCUT2D eigenvalue weighted by Crippen LogP contribution is 2.35. The summed E-state index contributed by atoms with van der Waals surface area (Å²) in [6, 6.07) is 1.78. The normalized spacial score (nSPS) is 18.8. The summed E-state index contributed by atoms with van der Waals surface area (Å²) in [6.07, 6.45) is 5.94. The molecule has 0 radical (unpaired) electrons. The van der Waals surface area contributed by atoms with Gasteiger partial charge in [-0.1, -0.05) is 33.1 Å². The summed E-state index contributed by atoms with van der Waals surface area (Å²) >= 11 is 1.30. The van der Waals surface area contributed by atoms with Crippen molar-refractivity contribution in [3.8, 4) is 0 Å². The smallest absolute Gasteiger partial charge is 0.250 e. The Morgan fingerprint density at radius 2 is 2.00 bits per heavy atom. The van der Waals surface area contributed by atoms with Crippen LogP contribution in [0.5, 0.6) is 0 Å². The molecule has 2 N–H and O–H groups in total. The Hall–Kier alpha value is -0.430. The lowest BCUT2D eigenvalue weighted by Gasteiger charge is -2.33. The van der Waals surface area contributed by atoms with Crippen molar-refractivity contribution < 1.29 is 8.42 Å². The molecule has 0 amide bonds. The molecule has 2 rings (SSSR count). The summed E-state index contributed by atoms with van der Waals surface area (Å²) in [5.41, 5.74) is 1.15. The molecule has 6 heteroatoms. The molecule has 0 unspecified atom stereocenters. The molecular weight excluding hydrogens is 304 g/mol. The van der Waals surface area contributed by atoms with Crippen LogP contribution in [-0.2, 0) is 16.6 Å². The van der Waals surface area contributed by atoms with Crippen molar-refractivity contribution >= 4 is 21.4 Å². The monoisotopic (exact) mass is 330 g/mol. The molecule has 1 fully saturated rings. The van der Waals surface area contributed by atoms with Crippen LogP contribution in [0.1, 0.15) is 51.5 Å². The van der Waals surface area contributed by atoms with E-state index in [0.29, 0.717) is 10.8 Å². The quantitative estimate of drug-likeness (QED) is 0.807. The van der Waals surface area contributed by atoms with Gasteiger partial charge in [-0.2, -0.15) is 0 Å². The maximum atomic E-state index is 12.4. The summed E-state index contributed by atoms with van der Waals surface area (Å²) in [6.45, 7) is 6.39. The van der Waals surface area contributed by atoms with E-state index in [1.54, 1.807) is 6.07 Å². The standard InChI is InChI=1S/C15H26N2O2S2/c1-3-16-10-13-9-14(20-11-13)21(18,19)17-12-15(2)7-5-4-6-8-15/h9,11,16-17H,3-8,10,12H2,1-2H3. The molecule has 1 aromatic rings. The van der Waals surface area contributed by atoms with Crippen LogP contribution in [0.3, 0.4) is 0 Å². The van der Waals surface area contributed by atoms with Crippen molar-refractivity contribution in [2.24, 2.45) is 5.41 Å². The minimum Gasteiger partial charge on any atom is -0.313 e. The summed E-state index contributed by atoms with van der Waals surface area (Å²) in [5, 5.41) is 5.13. The minimum absolute atomic E-state index is 0.120. The number of rotatable bonds is 7. The molecule has 1 saturated carbocycles. The molecular formula is C15H26N2O2S2. The molecule has 120 valence electrons. The zero-order chi connectivity index (χ0) is 15.3. The van der Waals surface area contributed by atoms with E-state index in [0.717, 1.165) is 31.5 Å². The number of thiophene rings is 1. The van der Waals surface area contributed by atoms with Crippen molar-refractivity contribution in [1.82, 2.24) is 10.0 Å². The summed E-state index contributed by atoms with van der Waals surface area (Å²) in [4.78, 5) is 0. The first-order valence-corrected chi connectivity index (χ1v) is 10.1. The molecule has 0 spiro atoms. The van der Waals surface area contributed by atoms with Crippen LogP contribution in [-0.4, -0.2) is 21.5 Å². The van der Waals surface area contributed by atoms with Crippen LogP contribution in [0.2, 0.25) is 0 Å². The zero-order valence-electron chi connectivity index (χ0n) is 12.9. The SMILES string of the molecule is CCNCc1csc(S(=O)(=O)NCC2(C)CCCCC2)c1. The highest BCUT2D eigenvalue weighted by atomic mass is 32.2. The molecule has 0 bridgehead atoms. The van der Waals surface area contributed by atoms with Gasteiger partial charge in [-0.3, -0.25) is 0 Å². The third-order valence-electron chi connectivity index (χ3n) is 4.22. The highest BCUT2D eigenvalue weighted by Gasteiger charge is 2.29. The van der Waals surface area contributed by atoms with Gasteiger partial charge in [-0.05, 0) is 41.8 Å². The Morgan fingerprint density at radius 1 is 1.29 bits per heavy atom. The van der Waals surface area contributed by atoms with Crippen LogP contribution in [0.15, 0.2) is 15.7 Å². The predicted molar refractivity (Wildman–Crippen MR) is 88.1 cm³/mol. The van der Waals surface area contributed by atoms with Crippen molar-refractivity contribution in [2.75, 3.05) is 13.1 Å². The van der Waals surface area contributed by atoms with E-state index in [-0.39, 0.29) is 5.41 Å². The van der Waals surface area contributed by atoms with E-state index >= 15 is 0 Å². The van der Waals surface area contributed by atoms with E-state index in [4.69, 9.17) is 0 Å². The van der Waals surface area contributed by atoms with Gasteiger partial charge >= 0.3 is 0 Å². The molecule has 1 aliphatic rings. The fraction of sp³-hybridized carbons (Fsp3) is 0.733. The Kier molecular flexibility index (Phi) is 5.82. The second-order valence-corrected chi connectivity index (χ2v) is 9.16. The predicted octanol–water partition coefficient (Wildman–Crippen LogP) is 3.11. The molecule has 1 aliphatic carbocycles. The van der Waals surface area contributed by atoms with Crippen LogP contribution < -0.4 is 10.0 Å². The maximum absolute atomic E-state index is 12.4. The van der Waals surface area contributed by atoms with Gasteiger partial charge in [-0.25, -0.2) is 13.1 Å². The average molecular weight is 331 g/mol. The van der Waals surface area contributed by atoms with Gasteiger partial charge in [0.25, 0.3) is 0 Å². The molecule has 0 atom stereocenters. The second-order valence-electron chi connectivity index (χ2n) is 6.25. The number of hydrogen-bond donors (Lipinski definition) is 2. The maximum Gasteiger partial charge on any atom is 0.250 e. The lowest BCUT2D eigenvalue weighted by molar-refractivity contribution is 0.219. The van der Waals surface area contributed by atoms with Gasteiger partial charge in [0.05, 0.1) is 0 Å². The van der Waals surface area contributed by atoms with Gasteiger partial charge in [0.1, 0.15) is 4.21 Å². The molecule has 1 heterocycles. The van der Waals surface area contributed by atoms with E-state index < -0.39 is 10.0 Å². The average Bonchev–Trinajstić information content (AvgIpc) is 2.94. The number of sulfonamides is 1. The van der Waals surface area contributed by atoms with Crippen molar-refractivity contribution in [3.63, 3.8) is 0 Å². The molecule has 0 aromatic carbocycles. The van der Waals surface area contributed by atoms with Crippen LogP contribution in [0.25, 0.3) is 0 Å². The van der Waals surface area contributed by atoms with Gasteiger partial charge in [-0.15, -0.1) is 11.3 Å². The summed E-state index contributed by atoms with van der Waals surface area (Å²) in [7, 11) is -3.36. The van der Waals surface area contributed by atoms with E-state index in [1.807, 2.05) is 12.3 Å². The largest absolute Gasteiger partial charge is 0.313 e. The third kappa shape index (κ3) is 4.77. The van der Waals surface area contributed by atoms with Gasteiger partial charge in [0.15, 0.2) is 0 Å². The van der Waals surface area contributed by atoms with Crippen molar-refractivity contribution in [2.45, 2.75) is 56.7 Å². The second kappa shape index (κ2) is 7.22. The van der Waals surface area contributed by atoms with Crippen LogP contribution in [0, 0.1) is 5.41 Å². The van der Waals surface area contributed by atoms with Crippen LogP contribution in [0.4, 0.5) is 0 Å². The lowest BCUT2D eigenvalue weighted by Crippen LogP contribution is -2.36. The molecule has 0 aliphatic heterocycles.